The smallest absolute Gasteiger partial charge is 0.337 e. The van der Waals surface area contributed by atoms with Gasteiger partial charge in [0.25, 0.3) is 0 Å². The van der Waals surface area contributed by atoms with E-state index in [1.54, 1.807) is 0 Å². The van der Waals surface area contributed by atoms with Crippen LogP contribution in [-0.4, -0.2) is 36.5 Å². The minimum absolute atomic E-state index is 0.0228. The molecule has 0 amide bonds. The summed E-state index contributed by atoms with van der Waals surface area (Å²) >= 11 is 0. The van der Waals surface area contributed by atoms with Crippen LogP contribution in [-0.2, 0) is 9.53 Å². The highest BCUT2D eigenvalue weighted by atomic mass is 19.1. The number of esters is 1. The Morgan fingerprint density at radius 2 is 2.00 bits per heavy atom. The lowest BCUT2D eigenvalue weighted by Gasteiger charge is -2.18. The molecule has 2 atom stereocenters. The van der Waals surface area contributed by atoms with Crippen LogP contribution >= 0.6 is 0 Å². The Kier molecular flexibility index (Phi) is 4.42. The summed E-state index contributed by atoms with van der Waals surface area (Å²) in [6, 6.07) is 3.41. The minimum atomic E-state index is -1.80. The molecule has 1 aromatic rings. The number of ether oxygens (including phenoxy) is 2. The fraction of sp³-hybridized carbons (Fsp3) is 0.364. The summed E-state index contributed by atoms with van der Waals surface area (Å²) in [6.45, 7) is 0. The zero-order chi connectivity index (χ0) is 13.0. The van der Waals surface area contributed by atoms with Crippen molar-refractivity contribution in [2.24, 2.45) is 0 Å². The van der Waals surface area contributed by atoms with Crippen LogP contribution in [0.2, 0.25) is 0 Å². The van der Waals surface area contributed by atoms with Gasteiger partial charge in [0, 0.05) is 5.56 Å². The van der Waals surface area contributed by atoms with Crippen molar-refractivity contribution in [2.75, 3.05) is 14.2 Å². The highest BCUT2D eigenvalue weighted by molar-refractivity contribution is 5.75. The molecule has 0 spiro atoms. The first kappa shape index (κ1) is 13.4. The van der Waals surface area contributed by atoms with Crippen molar-refractivity contribution in [3.05, 3.63) is 29.6 Å². The number of halogens is 1. The Bertz CT molecular complexity index is 407. The van der Waals surface area contributed by atoms with Crippen molar-refractivity contribution in [1.29, 1.82) is 0 Å². The van der Waals surface area contributed by atoms with Crippen LogP contribution in [0.3, 0.4) is 0 Å². The van der Waals surface area contributed by atoms with Crippen molar-refractivity contribution >= 4 is 5.97 Å². The third kappa shape index (κ3) is 2.92. The van der Waals surface area contributed by atoms with Crippen molar-refractivity contribution in [2.45, 2.75) is 12.2 Å². The number of carbonyl (C=O) groups is 1. The molecule has 0 saturated heterocycles. The van der Waals surface area contributed by atoms with Gasteiger partial charge in [0.1, 0.15) is 17.7 Å². The molecule has 2 N–H and O–H groups in total. The summed E-state index contributed by atoms with van der Waals surface area (Å²) in [5.41, 5.74) is -0.0228. The molecule has 94 valence electrons. The second-order valence-corrected chi connectivity index (χ2v) is 3.30. The van der Waals surface area contributed by atoms with Gasteiger partial charge in [-0.1, -0.05) is 0 Å². The Labute approximate surface area is 97.4 Å². The predicted octanol–water partition coefficient (Wildman–Crippen LogP) is 0.402. The molecular weight excluding hydrogens is 231 g/mol. The third-order valence-electron chi connectivity index (χ3n) is 2.25. The second-order valence-electron chi connectivity index (χ2n) is 3.30. The maximum Gasteiger partial charge on any atom is 0.337 e. The zero-order valence-corrected chi connectivity index (χ0v) is 9.38. The van der Waals surface area contributed by atoms with Gasteiger partial charge in [-0.3, -0.25) is 0 Å². The summed E-state index contributed by atoms with van der Waals surface area (Å²) in [5, 5.41) is 19.2. The lowest BCUT2D eigenvalue weighted by atomic mass is 10.0. The van der Waals surface area contributed by atoms with Crippen LogP contribution in [0.4, 0.5) is 4.39 Å². The number of benzene rings is 1. The maximum absolute atomic E-state index is 13.0. The summed E-state index contributed by atoms with van der Waals surface area (Å²) in [6.07, 6.45) is -3.41. The van der Waals surface area contributed by atoms with E-state index in [4.69, 9.17) is 4.74 Å². The zero-order valence-electron chi connectivity index (χ0n) is 9.38. The molecule has 0 aromatic heterocycles. The summed E-state index contributed by atoms with van der Waals surface area (Å²) in [4.78, 5) is 11.0. The molecule has 0 heterocycles. The molecule has 0 saturated carbocycles. The monoisotopic (exact) mass is 244 g/mol. The Morgan fingerprint density at radius 1 is 1.35 bits per heavy atom. The molecule has 17 heavy (non-hydrogen) atoms. The molecule has 5 nitrogen and oxygen atoms in total. The lowest BCUT2D eigenvalue weighted by molar-refractivity contribution is -0.156. The van der Waals surface area contributed by atoms with E-state index < -0.39 is 24.0 Å². The number of hydrogen-bond donors (Lipinski definition) is 2. The molecule has 2 unspecified atom stereocenters. The standard InChI is InChI=1S/C11H13FO5/c1-16-8-4-3-6(12)5-7(8)9(13)10(14)11(15)17-2/h3-5,9-10,13-14H,1-2H3. The second kappa shape index (κ2) is 5.60. The molecule has 0 fully saturated rings. The SMILES string of the molecule is COC(=O)C(O)C(O)c1cc(F)ccc1OC. The molecule has 1 aromatic carbocycles. The van der Waals surface area contributed by atoms with Gasteiger partial charge in [0.15, 0.2) is 6.10 Å². The van der Waals surface area contributed by atoms with E-state index in [1.807, 2.05) is 0 Å². The van der Waals surface area contributed by atoms with Gasteiger partial charge in [-0.15, -0.1) is 0 Å². The first-order valence-electron chi connectivity index (χ1n) is 4.78. The lowest BCUT2D eigenvalue weighted by Crippen LogP contribution is -2.29. The molecule has 0 aliphatic carbocycles. The van der Waals surface area contributed by atoms with Gasteiger partial charge in [0.05, 0.1) is 14.2 Å². The minimum Gasteiger partial charge on any atom is -0.496 e. The number of hydrogen-bond acceptors (Lipinski definition) is 5. The van der Waals surface area contributed by atoms with E-state index in [-0.39, 0.29) is 11.3 Å². The molecule has 0 aliphatic heterocycles. The van der Waals surface area contributed by atoms with Gasteiger partial charge in [0.2, 0.25) is 0 Å². The average molecular weight is 244 g/mol. The Morgan fingerprint density at radius 3 is 2.53 bits per heavy atom. The van der Waals surface area contributed by atoms with Crippen molar-refractivity contribution in [1.82, 2.24) is 0 Å². The van der Waals surface area contributed by atoms with Gasteiger partial charge >= 0.3 is 5.97 Å². The van der Waals surface area contributed by atoms with Crippen LogP contribution < -0.4 is 4.74 Å². The van der Waals surface area contributed by atoms with E-state index in [9.17, 15) is 19.4 Å². The van der Waals surface area contributed by atoms with Crippen LogP contribution in [0, 0.1) is 5.82 Å². The van der Waals surface area contributed by atoms with E-state index in [1.165, 1.54) is 13.2 Å². The number of methoxy groups -OCH3 is 2. The molecule has 0 radical (unpaired) electrons. The Hall–Kier alpha value is -1.66. The van der Waals surface area contributed by atoms with Crippen LogP contribution in [0.15, 0.2) is 18.2 Å². The van der Waals surface area contributed by atoms with E-state index in [0.29, 0.717) is 0 Å². The van der Waals surface area contributed by atoms with Gasteiger partial charge < -0.3 is 19.7 Å². The largest absolute Gasteiger partial charge is 0.496 e. The normalized spacial score (nSPS) is 13.9. The predicted molar refractivity (Wildman–Crippen MR) is 55.9 cm³/mol. The summed E-state index contributed by atoms with van der Waals surface area (Å²) < 4.78 is 22.2. The van der Waals surface area contributed by atoms with Crippen LogP contribution in [0.1, 0.15) is 11.7 Å². The quantitative estimate of drug-likeness (QED) is 0.750. The van der Waals surface area contributed by atoms with Crippen molar-refractivity contribution in [3.63, 3.8) is 0 Å². The highest BCUT2D eigenvalue weighted by Crippen LogP contribution is 2.28. The van der Waals surface area contributed by atoms with Gasteiger partial charge in [-0.2, -0.15) is 0 Å². The summed E-state index contributed by atoms with van der Waals surface area (Å²) in [7, 11) is 2.40. The third-order valence-corrected chi connectivity index (χ3v) is 2.25. The molecule has 6 heteroatoms. The van der Waals surface area contributed by atoms with E-state index in [2.05, 4.69) is 4.74 Å². The van der Waals surface area contributed by atoms with Crippen molar-refractivity contribution in [3.8, 4) is 5.75 Å². The van der Waals surface area contributed by atoms with Crippen molar-refractivity contribution < 1.29 is 28.9 Å². The topological polar surface area (TPSA) is 76.0 Å². The molecule has 0 bridgehead atoms. The van der Waals surface area contributed by atoms with Gasteiger partial charge in [-0.05, 0) is 18.2 Å². The molecule has 1 rings (SSSR count). The highest BCUT2D eigenvalue weighted by Gasteiger charge is 2.29. The first-order chi connectivity index (χ1) is 8.01. The fourth-order valence-electron chi connectivity index (χ4n) is 1.36. The number of aliphatic hydroxyl groups excluding tert-OH is 2. The number of rotatable bonds is 4. The summed E-state index contributed by atoms with van der Waals surface area (Å²) in [5.74, 6) is -1.46. The number of aliphatic hydroxyl groups is 2. The van der Waals surface area contributed by atoms with E-state index in [0.717, 1.165) is 19.2 Å². The van der Waals surface area contributed by atoms with Crippen LogP contribution in [0.5, 0.6) is 5.75 Å². The Balaban J connectivity index is 3.05. The average Bonchev–Trinajstić information content (AvgIpc) is 2.35. The number of carbonyl (C=O) groups excluding carboxylic acids is 1. The van der Waals surface area contributed by atoms with Crippen LogP contribution in [0.25, 0.3) is 0 Å². The molecular formula is C11H13FO5. The maximum atomic E-state index is 13.0. The van der Waals surface area contributed by atoms with E-state index >= 15 is 0 Å². The first-order valence-corrected chi connectivity index (χ1v) is 4.78. The fourth-order valence-corrected chi connectivity index (χ4v) is 1.36. The van der Waals surface area contributed by atoms with Gasteiger partial charge in [-0.25, -0.2) is 9.18 Å². The molecule has 0 aliphatic rings.